The molecular weight excluding hydrogens is 288 g/mol. The first-order chi connectivity index (χ1) is 11.2. The van der Waals surface area contributed by atoms with Crippen LogP contribution in [0.5, 0.6) is 0 Å². The summed E-state index contributed by atoms with van der Waals surface area (Å²) in [7, 11) is 2.15. The van der Waals surface area contributed by atoms with E-state index in [9.17, 15) is 4.79 Å². The van der Waals surface area contributed by atoms with Crippen molar-refractivity contribution in [3.63, 3.8) is 0 Å². The van der Waals surface area contributed by atoms with E-state index in [2.05, 4.69) is 21.5 Å². The zero-order chi connectivity index (χ0) is 16.1. The lowest BCUT2D eigenvalue weighted by molar-refractivity contribution is -0.133. The topological polar surface area (TPSA) is 41.4 Å². The number of hydrogen-bond acceptors (Lipinski definition) is 3. The van der Waals surface area contributed by atoms with Crippen molar-refractivity contribution in [2.24, 2.45) is 0 Å². The van der Waals surface area contributed by atoms with E-state index in [1.54, 1.807) is 0 Å². The van der Waals surface area contributed by atoms with E-state index in [1.807, 2.05) is 17.4 Å². The third-order valence-corrected chi connectivity index (χ3v) is 5.32. The molecule has 1 aliphatic carbocycles. The Kier molecular flexibility index (Phi) is 5.70. The average Bonchev–Trinajstić information content (AvgIpc) is 3.03. The highest BCUT2D eigenvalue weighted by molar-refractivity contribution is 5.76. The molecule has 23 heavy (non-hydrogen) atoms. The number of piperidine rings is 1. The molecule has 0 aromatic carbocycles. The van der Waals surface area contributed by atoms with Crippen molar-refractivity contribution >= 4 is 5.91 Å². The van der Waals surface area contributed by atoms with Crippen molar-refractivity contribution < 1.29 is 4.79 Å². The highest BCUT2D eigenvalue weighted by Gasteiger charge is 2.20. The van der Waals surface area contributed by atoms with Crippen molar-refractivity contribution in [1.82, 2.24) is 19.4 Å². The molecule has 5 heteroatoms. The Morgan fingerprint density at radius 2 is 2.04 bits per heavy atom. The second kappa shape index (κ2) is 7.95. The molecule has 0 radical (unpaired) electrons. The minimum atomic E-state index is 0.330. The van der Waals surface area contributed by atoms with Crippen LogP contribution in [-0.4, -0.2) is 51.9 Å². The van der Waals surface area contributed by atoms with Crippen LogP contribution in [0, 0.1) is 0 Å². The summed E-state index contributed by atoms with van der Waals surface area (Å²) in [6.07, 6.45) is 13.6. The number of likely N-dealkylation sites (N-methyl/N-ethyl adjacent to an activating group) is 1. The van der Waals surface area contributed by atoms with Gasteiger partial charge in [-0.2, -0.15) is 0 Å². The van der Waals surface area contributed by atoms with Gasteiger partial charge in [0.1, 0.15) is 0 Å². The van der Waals surface area contributed by atoms with Gasteiger partial charge < -0.3 is 9.47 Å². The van der Waals surface area contributed by atoms with Crippen molar-refractivity contribution in [3.05, 3.63) is 18.2 Å². The summed E-state index contributed by atoms with van der Waals surface area (Å²) in [5.41, 5.74) is 1.31. The molecule has 1 aromatic heterocycles. The zero-order valence-electron chi connectivity index (χ0n) is 14.4. The van der Waals surface area contributed by atoms with Gasteiger partial charge in [0.15, 0.2) is 0 Å². The van der Waals surface area contributed by atoms with Gasteiger partial charge in [0.25, 0.3) is 0 Å². The molecule has 0 spiro atoms. The third-order valence-electron chi connectivity index (χ3n) is 5.32. The van der Waals surface area contributed by atoms with Gasteiger partial charge in [0, 0.05) is 44.8 Å². The third kappa shape index (κ3) is 4.34. The number of amides is 1. The van der Waals surface area contributed by atoms with E-state index < -0.39 is 0 Å². The summed E-state index contributed by atoms with van der Waals surface area (Å²) >= 11 is 0. The molecule has 1 saturated heterocycles. The molecule has 0 N–H and O–H groups in total. The first-order valence-corrected chi connectivity index (χ1v) is 9.21. The molecule has 2 heterocycles. The fraction of sp³-hybridized carbons (Fsp3) is 0.778. The number of likely N-dealkylation sites (tertiary alicyclic amines) is 1. The molecule has 1 aliphatic heterocycles. The quantitative estimate of drug-likeness (QED) is 0.810. The van der Waals surface area contributed by atoms with E-state index in [4.69, 9.17) is 0 Å². The van der Waals surface area contributed by atoms with Crippen molar-refractivity contribution in [1.29, 1.82) is 0 Å². The Balaban J connectivity index is 1.50. The van der Waals surface area contributed by atoms with Gasteiger partial charge in [-0.25, -0.2) is 4.98 Å². The number of carbonyl (C=O) groups excluding carboxylic acids is 1. The molecular formula is C18H30N4O. The molecule has 5 nitrogen and oxygen atoms in total. The number of hydrogen-bond donors (Lipinski definition) is 0. The molecule has 128 valence electrons. The van der Waals surface area contributed by atoms with E-state index >= 15 is 0 Å². The maximum Gasteiger partial charge on any atom is 0.222 e. The van der Waals surface area contributed by atoms with Gasteiger partial charge in [-0.05, 0) is 32.7 Å². The van der Waals surface area contributed by atoms with Crippen LogP contribution in [0.25, 0.3) is 0 Å². The molecule has 3 rings (SSSR count). The Morgan fingerprint density at radius 3 is 2.83 bits per heavy atom. The van der Waals surface area contributed by atoms with Crippen LogP contribution >= 0.6 is 0 Å². The van der Waals surface area contributed by atoms with E-state index in [1.165, 1.54) is 37.8 Å². The van der Waals surface area contributed by atoms with E-state index in [-0.39, 0.29) is 0 Å². The summed E-state index contributed by atoms with van der Waals surface area (Å²) in [6.45, 7) is 3.64. The predicted octanol–water partition coefficient (Wildman–Crippen LogP) is 2.83. The SMILES string of the molecule is CN(CCN1CCCCC1=O)Cc1cncn1C1CCCCC1. The lowest BCUT2D eigenvalue weighted by Crippen LogP contribution is -2.40. The van der Waals surface area contributed by atoms with Gasteiger partial charge in [0.2, 0.25) is 5.91 Å². The Morgan fingerprint density at radius 1 is 1.22 bits per heavy atom. The average molecular weight is 318 g/mol. The van der Waals surface area contributed by atoms with Crippen LogP contribution in [0.3, 0.4) is 0 Å². The largest absolute Gasteiger partial charge is 0.341 e. The van der Waals surface area contributed by atoms with Crippen molar-refractivity contribution in [2.45, 2.75) is 64.0 Å². The number of aromatic nitrogens is 2. The second-order valence-corrected chi connectivity index (χ2v) is 7.16. The molecule has 1 amide bonds. The molecule has 1 aromatic rings. The Hall–Kier alpha value is -1.36. The van der Waals surface area contributed by atoms with Crippen LogP contribution in [0.1, 0.15) is 63.1 Å². The molecule has 0 atom stereocenters. The zero-order valence-corrected chi connectivity index (χ0v) is 14.4. The Labute approximate surface area is 139 Å². The van der Waals surface area contributed by atoms with Crippen molar-refractivity contribution in [3.8, 4) is 0 Å². The summed E-state index contributed by atoms with van der Waals surface area (Å²) < 4.78 is 2.39. The lowest BCUT2D eigenvalue weighted by Gasteiger charge is -2.29. The van der Waals surface area contributed by atoms with Crippen LogP contribution in [-0.2, 0) is 11.3 Å². The summed E-state index contributed by atoms with van der Waals surface area (Å²) in [4.78, 5) is 20.6. The molecule has 0 bridgehead atoms. The number of imidazole rings is 1. The van der Waals surface area contributed by atoms with Gasteiger partial charge in [-0.15, -0.1) is 0 Å². The van der Waals surface area contributed by atoms with Gasteiger partial charge >= 0.3 is 0 Å². The first-order valence-electron chi connectivity index (χ1n) is 9.21. The monoisotopic (exact) mass is 318 g/mol. The van der Waals surface area contributed by atoms with E-state index in [0.29, 0.717) is 11.9 Å². The maximum atomic E-state index is 11.9. The van der Waals surface area contributed by atoms with Crippen LogP contribution < -0.4 is 0 Å². The summed E-state index contributed by atoms with van der Waals surface area (Å²) in [5, 5.41) is 0. The lowest BCUT2D eigenvalue weighted by atomic mass is 9.95. The molecule has 2 fully saturated rings. The van der Waals surface area contributed by atoms with Crippen LogP contribution in [0.15, 0.2) is 12.5 Å². The molecule has 1 saturated carbocycles. The number of carbonyl (C=O) groups is 1. The molecule has 0 unspecified atom stereocenters. The minimum Gasteiger partial charge on any atom is -0.341 e. The summed E-state index contributed by atoms with van der Waals surface area (Å²) in [6, 6.07) is 0.637. The fourth-order valence-corrected chi connectivity index (χ4v) is 3.89. The molecule has 2 aliphatic rings. The fourth-order valence-electron chi connectivity index (χ4n) is 3.89. The van der Waals surface area contributed by atoms with Gasteiger partial charge in [-0.1, -0.05) is 19.3 Å². The van der Waals surface area contributed by atoms with Gasteiger partial charge in [-0.3, -0.25) is 9.69 Å². The standard InChI is InChI=1S/C18H30N4O/c1-20(11-12-21-10-6-5-9-18(21)23)14-17-13-19-15-22(17)16-7-3-2-4-8-16/h13,15-16H,2-12,14H2,1H3. The van der Waals surface area contributed by atoms with Gasteiger partial charge in [0.05, 0.1) is 12.0 Å². The minimum absolute atomic E-state index is 0.330. The van der Waals surface area contributed by atoms with E-state index in [0.717, 1.165) is 45.4 Å². The maximum absolute atomic E-state index is 11.9. The summed E-state index contributed by atoms with van der Waals surface area (Å²) in [5.74, 6) is 0.330. The highest BCUT2D eigenvalue weighted by Crippen LogP contribution is 2.29. The number of rotatable bonds is 6. The van der Waals surface area contributed by atoms with Crippen LogP contribution in [0.4, 0.5) is 0 Å². The van der Waals surface area contributed by atoms with Crippen LogP contribution in [0.2, 0.25) is 0 Å². The smallest absolute Gasteiger partial charge is 0.222 e. The highest BCUT2D eigenvalue weighted by atomic mass is 16.2. The second-order valence-electron chi connectivity index (χ2n) is 7.16. The Bertz CT molecular complexity index is 507. The predicted molar refractivity (Wildman–Crippen MR) is 91.1 cm³/mol. The van der Waals surface area contributed by atoms with Crippen molar-refractivity contribution in [2.75, 3.05) is 26.7 Å². The first kappa shape index (κ1) is 16.5. The number of nitrogens with zero attached hydrogens (tertiary/aromatic N) is 4. The normalized spacial score (nSPS) is 20.4.